The predicted molar refractivity (Wildman–Crippen MR) is 100 cm³/mol. The van der Waals surface area contributed by atoms with Crippen LogP contribution in [0.5, 0.6) is 0 Å². The number of hydrogen-bond donors (Lipinski definition) is 1. The number of carbonyl (C=O) groups is 1. The van der Waals surface area contributed by atoms with Crippen molar-refractivity contribution in [2.24, 2.45) is 0 Å². The third-order valence-corrected chi connectivity index (χ3v) is 5.52. The molecule has 134 valence electrons. The molecule has 0 saturated carbocycles. The molecule has 0 saturated heterocycles. The lowest BCUT2D eigenvalue weighted by Crippen LogP contribution is -2.29. The average molecular weight is 359 g/mol. The summed E-state index contributed by atoms with van der Waals surface area (Å²) >= 11 is 0. The van der Waals surface area contributed by atoms with Gasteiger partial charge in [-0.2, -0.15) is 0 Å². The lowest BCUT2D eigenvalue weighted by atomic mass is 10.0. The van der Waals surface area contributed by atoms with Gasteiger partial charge in [0.05, 0.1) is 17.4 Å². The molecule has 0 aliphatic heterocycles. The van der Waals surface area contributed by atoms with Crippen molar-refractivity contribution in [1.82, 2.24) is 5.32 Å². The monoisotopic (exact) mass is 359 g/mol. The van der Waals surface area contributed by atoms with Crippen molar-refractivity contribution < 1.29 is 13.2 Å². The smallest absolute Gasteiger partial charge is 0.224 e. The van der Waals surface area contributed by atoms with E-state index in [1.807, 2.05) is 39.0 Å². The van der Waals surface area contributed by atoms with E-state index in [-0.39, 0.29) is 16.8 Å². The van der Waals surface area contributed by atoms with Crippen LogP contribution in [-0.2, 0) is 21.1 Å². The fourth-order valence-electron chi connectivity index (χ4n) is 2.71. The number of rotatable bonds is 6. The number of sulfone groups is 1. The summed E-state index contributed by atoms with van der Waals surface area (Å²) < 4.78 is 23.1. The fraction of sp³-hybridized carbons (Fsp3) is 0.350. The second kappa shape index (κ2) is 7.83. The van der Waals surface area contributed by atoms with Crippen molar-refractivity contribution in [2.45, 2.75) is 44.6 Å². The maximum Gasteiger partial charge on any atom is 0.224 e. The Bertz CT molecular complexity index is 855. The zero-order chi connectivity index (χ0) is 18.6. The van der Waals surface area contributed by atoms with Crippen molar-refractivity contribution in [1.29, 1.82) is 0 Å². The molecule has 0 unspecified atom stereocenters. The van der Waals surface area contributed by atoms with E-state index in [9.17, 15) is 13.2 Å². The third kappa shape index (κ3) is 5.16. The van der Waals surface area contributed by atoms with Crippen LogP contribution in [0.25, 0.3) is 0 Å². The Morgan fingerprint density at radius 1 is 1.04 bits per heavy atom. The molecule has 4 nitrogen and oxygen atoms in total. The molecule has 1 atom stereocenters. The van der Waals surface area contributed by atoms with Crippen LogP contribution in [0.4, 0.5) is 0 Å². The highest BCUT2D eigenvalue weighted by Gasteiger charge is 2.15. The molecule has 0 aromatic heterocycles. The van der Waals surface area contributed by atoms with Gasteiger partial charge in [-0.3, -0.25) is 4.79 Å². The fourth-order valence-corrected chi connectivity index (χ4v) is 3.34. The predicted octanol–water partition coefficient (Wildman–Crippen LogP) is 3.52. The van der Waals surface area contributed by atoms with Crippen molar-refractivity contribution in [3.8, 4) is 0 Å². The van der Waals surface area contributed by atoms with E-state index in [4.69, 9.17) is 0 Å². The number of benzene rings is 2. The molecule has 0 aliphatic rings. The van der Waals surface area contributed by atoms with Crippen molar-refractivity contribution >= 4 is 15.7 Å². The lowest BCUT2D eigenvalue weighted by Gasteiger charge is -2.18. The van der Waals surface area contributed by atoms with E-state index >= 15 is 0 Å². The Hall–Kier alpha value is -2.14. The zero-order valence-electron chi connectivity index (χ0n) is 15.2. The molecule has 0 heterocycles. The molecule has 0 aliphatic carbocycles. The topological polar surface area (TPSA) is 63.2 Å². The Morgan fingerprint density at radius 3 is 2.20 bits per heavy atom. The number of nitrogens with one attached hydrogen (secondary N) is 1. The van der Waals surface area contributed by atoms with Crippen LogP contribution in [0.2, 0.25) is 0 Å². The Labute approximate surface area is 150 Å². The first-order chi connectivity index (χ1) is 11.7. The molecule has 1 N–H and O–H groups in total. The van der Waals surface area contributed by atoms with Gasteiger partial charge in [-0.05, 0) is 54.7 Å². The first-order valence-electron chi connectivity index (χ1n) is 8.36. The van der Waals surface area contributed by atoms with Gasteiger partial charge in [0.1, 0.15) is 0 Å². The first-order valence-corrected chi connectivity index (χ1v) is 10.3. The van der Waals surface area contributed by atoms with Crippen molar-refractivity contribution in [3.05, 3.63) is 64.7 Å². The average Bonchev–Trinajstić information content (AvgIpc) is 2.55. The van der Waals surface area contributed by atoms with E-state index in [1.54, 1.807) is 24.3 Å². The highest BCUT2D eigenvalue weighted by atomic mass is 32.2. The Kier molecular flexibility index (Phi) is 6.01. The molecular weight excluding hydrogens is 334 g/mol. The number of amides is 1. The largest absolute Gasteiger partial charge is 0.349 e. The second-order valence-corrected chi connectivity index (χ2v) is 8.48. The van der Waals surface area contributed by atoms with Gasteiger partial charge >= 0.3 is 0 Å². The normalized spacial score (nSPS) is 12.6. The Morgan fingerprint density at radius 2 is 1.68 bits per heavy atom. The summed E-state index contributed by atoms with van der Waals surface area (Å²) in [7, 11) is -3.21. The summed E-state index contributed by atoms with van der Waals surface area (Å²) in [5.41, 5.74) is 4.28. The second-order valence-electron chi connectivity index (χ2n) is 6.46. The summed E-state index contributed by atoms with van der Waals surface area (Å²) in [4.78, 5) is 12.7. The molecule has 0 bridgehead atoms. The van der Waals surface area contributed by atoms with Gasteiger partial charge in [0.2, 0.25) is 5.91 Å². The van der Waals surface area contributed by atoms with E-state index in [1.165, 1.54) is 17.4 Å². The number of carbonyl (C=O) groups excluding carboxylic acids is 1. The molecule has 1 amide bonds. The third-order valence-electron chi connectivity index (χ3n) is 4.39. The molecule has 0 radical (unpaired) electrons. The number of hydrogen-bond acceptors (Lipinski definition) is 3. The SMILES string of the molecule is CC[C@H](NC(=O)Cc1ccc(C)c(C)c1)c1ccc(S(C)(=O)=O)cc1. The van der Waals surface area contributed by atoms with E-state index in [0.29, 0.717) is 6.42 Å². The molecule has 25 heavy (non-hydrogen) atoms. The molecule has 5 heteroatoms. The minimum atomic E-state index is -3.21. The van der Waals surface area contributed by atoms with Crippen LogP contribution in [-0.4, -0.2) is 20.6 Å². The number of aryl methyl sites for hydroxylation is 2. The van der Waals surface area contributed by atoms with Crippen LogP contribution in [0, 0.1) is 13.8 Å². The maximum atomic E-state index is 12.4. The van der Waals surface area contributed by atoms with Crippen LogP contribution >= 0.6 is 0 Å². The van der Waals surface area contributed by atoms with Crippen LogP contribution in [0.3, 0.4) is 0 Å². The summed E-state index contributed by atoms with van der Waals surface area (Å²) in [5.74, 6) is -0.0395. The highest BCUT2D eigenvalue weighted by Crippen LogP contribution is 2.19. The van der Waals surface area contributed by atoms with Crippen LogP contribution in [0.1, 0.15) is 41.6 Å². The molecular formula is C20H25NO3S. The van der Waals surface area contributed by atoms with Gasteiger partial charge in [-0.1, -0.05) is 37.3 Å². The van der Waals surface area contributed by atoms with Gasteiger partial charge < -0.3 is 5.32 Å². The Balaban J connectivity index is 2.08. The molecule has 2 rings (SSSR count). The van der Waals surface area contributed by atoms with Gasteiger partial charge in [0.25, 0.3) is 0 Å². The van der Waals surface area contributed by atoms with E-state index < -0.39 is 9.84 Å². The quantitative estimate of drug-likeness (QED) is 0.858. The van der Waals surface area contributed by atoms with Crippen molar-refractivity contribution in [2.75, 3.05) is 6.26 Å². The van der Waals surface area contributed by atoms with Crippen molar-refractivity contribution in [3.63, 3.8) is 0 Å². The zero-order valence-corrected chi connectivity index (χ0v) is 16.0. The van der Waals surface area contributed by atoms with Gasteiger partial charge in [-0.25, -0.2) is 8.42 Å². The standard InChI is InChI=1S/C20H25NO3S/c1-5-19(17-8-10-18(11-9-17)25(4,23)24)21-20(22)13-16-7-6-14(2)15(3)12-16/h6-12,19H,5,13H2,1-4H3,(H,21,22)/t19-/m0/s1. The first kappa shape index (κ1) is 19.2. The molecule has 0 spiro atoms. The molecule has 2 aromatic rings. The molecule has 0 fully saturated rings. The minimum absolute atomic E-state index is 0.0395. The molecule has 2 aromatic carbocycles. The van der Waals surface area contributed by atoms with Gasteiger partial charge in [0, 0.05) is 6.26 Å². The lowest BCUT2D eigenvalue weighted by molar-refractivity contribution is -0.121. The summed E-state index contributed by atoms with van der Waals surface area (Å²) in [6.07, 6.45) is 2.25. The summed E-state index contributed by atoms with van der Waals surface area (Å²) in [6.45, 7) is 6.08. The minimum Gasteiger partial charge on any atom is -0.349 e. The van der Waals surface area contributed by atoms with E-state index in [0.717, 1.165) is 17.5 Å². The highest BCUT2D eigenvalue weighted by molar-refractivity contribution is 7.90. The summed E-state index contributed by atoms with van der Waals surface area (Å²) in [5, 5.41) is 3.04. The summed E-state index contributed by atoms with van der Waals surface area (Å²) in [6, 6.07) is 12.6. The maximum absolute atomic E-state index is 12.4. The van der Waals surface area contributed by atoms with Crippen LogP contribution in [0.15, 0.2) is 47.4 Å². The van der Waals surface area contributed by atoms with E-state index in [2.05, 4.69) is 5.32 Å². The van der Waals surface area contributed by atoms with Crippen LogP contribution < -0.4 is 5.32 Å². The van der Waals surface area contributed by atoms with Gasteiger partial charge in [-0.15, -0.1) is 0 Å². The van der Waals surface area contributed by atoms with Gasteiger partial charge in [0.15, 0.2) is 9.84 Å².